The first kappa shape index (κ1) is 10.9. The third-order valence-corrected chi connectivity index (χ3v) is 2.82. The highest BCUT2D eigenvalue weighted by Crippen LogP contribution is 2.22. The van der Waals surface area contributed by atoms with E-state index in [-0.39, 0.29) is 12.3 Å². The first-order valence-electron chi connectivity index (χ1n) is 5.49. The Bertz CT molecular complexity index is 356. The maximum Gasteiger partial charge on any atom is 0.303 e. The van der Waals surface area contributed by atoms with Crippen molar-refractivity contribution in [3.8, 4) is 0 Å². The number of hydrogen-bond donors (Lipinski definition) is 1. The summed E-state index contributed by atoms with van der Waals surface area (Å²) in [5, 5.41) is 8.77. The summed E-state index contributed by atoms with van der Waals surface area (Å²) in [6.07, 6.45) is 5.65. The molecular weight excluding hydrogens is 206 g/mol. The number of carboxylic acid groups (broad SMARTS) is 1. The highest BCUT2D eigenvalue weighted by Gasteiger charge is 2.23. The highest BCUT2D eigenvalue weighted by molar-refractivity contribution is 5.67. The molecular formula is C11H15N3O2. The molecule has 1 fully saturated rings. The van der Waals surface area contributed by atoms with Crippen LogP contribution in [0.25, 0.3) is 0 Å². The molecule has 5 nitrogen and oxygen atoms in total. The second-order valence-corrected chi connectivity index (χ2v) is 4.10. The van der Waals surface area contributed by atoms with Crippen LogP contribution >= 0.6 is 0 Å². The van der Waals surface area contributed by atoms with Gasteiger partial charge in [0.1, 0.15) is 0 Å². The molecule has 1 aliphatic heterocycles. The number of carboxylic acids is 1. The lowest BCUT2D eigenvalue weighted by molar-refractivity contribution is -0.138. The molecule has 16 heavy (non-hydrogen) atoms. The minimum atomic E-state index is -0.721. The summed E-state index contributed by atoms with van der Waals surface area (Å²) >= 11 is 0. The fraction of sp³-hybridized carbons (Fsp3) is 0.545. The van der Waals surface area contributed by atoms with Crippen LogP contribution in [0.4, 0.5) is 5.95 Å². The van der Waals surface area contributed by atoms with Crippen LogP contribution in [0.5, 0.6) is 0 Å². The van der Waals surface area contributed by atoms with E-state index in [1.54, 1.807) is 18.5 Å². The SMILES string of the molecule is O=C(O)CC1CCCN(c2ncccn2)C1. The Labute approximate surface area is 94.1 Å². The summed E-state index contributed by atoms with van der Waals surface area (Å²) < 4.78 is 0. The molecule has 1 unspecified atom stereocenters. The van der Waals surface area contributed by atoms with Crippen LogP contribution in [0.15, 0.2) is 18.5 Å². The van der Waals surface area contributed by atoms with Crippen molar-refractivity contribution in [1.29, 1.82) is 0 Å². The zero-order valence-corrected chi connectivity index (χ0v) is 9.04. The summed E-state index contributed by atoms with van der Waals surface area (Å²) in [5.74, 6) is 0.202. The van der Waals surface area contributed by atoms with Gasteiger partial charge in [-0.3, -0.25) is 4.79 Å². The van der Waals surface area contributed by atoms with Crippen LogP contribution in [0.3, 0.4) is 0 Å². The molecule has 5 heteroatoms. The maximum absolute atomic E-state index is 10.7. The molecule has 0 radical (unpaired) electrons. The van der Waals surface area contributed by atoms with E-state index in [1.807, 2.05) is 0 Å². The number of carbonyl (C=O) groups is 1. The van der Waals surface area contributed by atoms with Crippen molar-refractivity contribution >= 4 is 11.9 Å². The fourth-order valence-corrected chi connectivity index (χ4v) is 2.11. The molecule has 1 aromatic rings. The number of anilines is 1. The highest BCUT2D eigenvalue weighted by atomic mass is 16.4. The molecule has 0 saturated carbocycles. The number of rotatable bonds is 3. The number of aromatic nitrogens is 2. The van der Waals surface area contributed by atoms with E-state index in [1.165, 1.54) is 0 Å². The molecule has 2 heterocycles. The van der Waals surface area contributed by atoms with Gasteiger partial charge in [-0.2, -0.15) is 0 Å². The van der Waals surface area contributed by atoms with Crippen molar-refractivity contribution in [3.05, 3.63) is 18.5 Å². The lowest BCUT2D eigenvalue weighted by Crippen LogP contribution is -2.37. The Balaban J connectivity index is 1.99. The summed E-state index contributed by atoms with van der Waals surface area (Å²) in [6, 6.07) is 1.78. The molecule has 0 amide bonds. The maximum atomic E-state index is 10.7. The monoisotopic (exact) mass is 221 g/mol. The Hall–Kier alpha value is -1.65. The van der Waals surface area contributed by atoms with Gasteiger partial charge in [-0.25, -0.2) is 9.97 Å². The Kier molecular flexibility index (Phi) is 3.34. The van der Waals surface area contributed by atoms with E-state index in [2.05, 4.69) is 14.9 Å². The Morgan fingerprint density at radius 3 is 2.94 bits per heavy atom. The van der Waals surface area contributed by atoms with Crippen LogP contribution < -0.4 is 4.90 Å². The minimum absolute atomic E-state index is 0.218. The Morgan fingerprint density at radius 1 is 1.50 bits per heavy atom. The number of piperidine rings is 1. The molecule has 86 valence electrons. The fourth-order valence-electron chi connectivity index (χ4n) is 2.11. The van der Waals surface area contributed by atoms with E-state index in [0.29, 0.717) is 5.95 Å². The van der Waals surface area contributed by atoms with Crippen LogP contribution in [0.1, 0.15) is 19.3 Å². The number of nitrogens with zero attached hydrogens (tertiary/aromatic N) is 3. The third kappa shape index (κ3) is 2.68. The third-order valence-electron chi connectivity index (χ3n) is 2.82. The molecule has 1 N–H and O–H groups in total. The van der Waals surface area contributed by atoms with Crippen molar-refractivity contribution in [2.24, 2.45) is 5.92 Å². The average Bonchev–Trinajstić information content (AvgIpc) is 2.30. The summed E-state index contributed by atoms with van der Waals surface area (Å²) in [7, 11) is 0. The normalized spacial score (nSPS) is 20.8. The van der Waals surface area contributed by atoms with Crippen molar-refractivity contribution in [3.63, 3.8) is 0 Å². The topological polar surface area (TPSA) is 66.3 Å². The van der Waals surface area contributed by atoms with Crippen LogP contribution in [-0.2, 0) is 4.79 Å². The Morgan fingerprint density at radius 2 is 2.25 bits per heavy atom. The number of hydrogen-bond acceptors (Lipinski definition) is 4. The van der Waals surface area contributed by atoms with Gasteiger partial charge >= 0.3 is 5.97 Å². The van der Waals surface area contributed by atoms with Crippen molar-refractivity contribution < 1.29 is 9.90 Å². The quantitative estimate of drug-likeness (QED) is 0.829. The second kappa shape index (κ2) is 4.92. The van der Waals surface area contributed by atoms with Gasteiger partial charge in [-0.15, -0.1) is 0 Å². The van der Waals surface area contributed by atoms with E-state index < -0.39 is 5.97 Å². The zero-order chi connectivity index (χ0) is 11.4. The predicted octanol–water partition coefficient (Wildman–Crippen LogP) is 1.17. The van der Waals surface area contributed by atoms with E-state index in [9.17, 15) is 4.79 Å². The summed E-state index contributed by atoms with van der Waals surface area (Å²) in [6.45, 7) is 1.66. The van der Waals surface area contributed by atoms with Gasteiger partial charge in [0, 0.05) is 31.9 Å². The molecule has 0 aromatic carbocycles. The van der Waals surface area contributed by atoms with Gasteiger partial charge in [0.2, 0.25) is 5.95 Å². The van der Waals surface area contributed by atoms with Gasteiger partial charge < -0.3 is 10.0 Å². The first-order chi connectivity index (χ1) is 7.75. The van der Waals surface area contributed by atoms with Gasteiger partial charge in [0.15, 0.2) is 0 Å². The van der Waals surface area contributed by atoms with E-state index in [4.69, 9.17) is 5.11 Å². The van der Waals surface area contributed by atoms with Gasteiger partial charge in [-0.1, -0.05) is 0 Å². The molecule has 1 aliphatic rings. The lowest BCUT2D eigenvalue weighted by atomic mass is 9.95. The molecule has 2 rings (SSSR count). The molecule has 1 atom stereocenters. The minimum Gasteiger partial charge on any atom is -0.481 e. The predicted molar refractivity (Wildman–Crippen MR) is 59.2 cm³/mol. The van der Waals surface area contributed by atoms with Gasteiger partial charge in [0.25, 0.3) is 0 Å². The molecule has 0 bridgehead atoms. The van der Waals surface area contributed by atoms with Crippen molar-refractivity contribution in [1.82, 2.24) is 9.97 Å². The molecule has 0 spiro atoms. The van der Waals surface area contributed by atoms with E-state index >= 15 is 0 Å². The second-order valence-electron chi connectivity index (χ2n) is 4.10. The molecule has 1 saturated heterocycles. The first-order valence-corrected chi connectivity index (χ1v) is 5.49. The zero-order valence-electron chi connectivity index (χ0n) is 9.04. The van der Waals surface area contributed by atoms with E-state index in [0.717, 1.165) is 25.9 Å². The summed E-state index contributed by atoms with van der Waals surface area (Å²) in [5.41, 5.74) is 0. The molecule has 0 aliphatic carbocycles. The van der Waals surface area contributed by atoms with Gasteiger partial charge in [0.05, 0.1) is 0 Å². The lowest BCUT2D eigenvalue weighted by Gasteiger charge is -2.31. The van der Waals surface area contributed by atoms with Crippen molar-refractivity contribution in [2.75, 3.05) is 18.0 Å². The smallest absolute Gasteiger partial charge is 0.303 e. The number of aliphatic carboxylic acids is 1. The average molecular weight is 221 g/mol. The summed E-state index contributed by atoms with van der Waals surface area (Å²) in [4.78, 5) is 21.1. The van der Waals surface area contributed by atoms with Crippen molar-refractivity contribution in [2.45, 2.75) is 19.3 Å². The van der Waals surface area contributed by atoms with Crippen LogP contribution in [-0.4, -0.2) is 34.1 Å². The largest absolute Gasteiger partial charge is 0.481 e. The molecule has 1 aromatic heterocycles. The van der Waals surface area contributed by atoms with Crippen LogP contribution in [0, 0.1) is 5.92 Å². The van der Waals surface area contributed by atoms with Gasteiger partial charge in [-0.05, 0) is 24.8 Å². The van der Waals surface area contributed by atoms with Crippen LogP contribution in [0.2, 0.25) is 0 Å². The standard InChI is InChI=1S/C11H15N3O2/c15-10(16)7-9-3-1-6-14(8-9)11-12-4-2-5-13-11/h2,4-5,9H,1,3,6-8H2,(H,15,16).